The Balaban J connectivity index is 1.67. The Morgan fingerprint density at radius 1 is 1.30 bits per heavy atom. The molecule has 6 nitrogen and oxygen atoms in total. The van der Waals surface area contributed by atoms with Gasteiger partial charge in [-0.2, -0.15) is 5.10 Å². The van der Waals surface area contributed by atoms with Crippen molar-refractivity contribution in [3.05, 3.63) is 53.2 Å². The Bertz CT molecular complexity index is 777. The van der Waals surface area contributed by atoms with E-state index in [4.69, 9.17) is 5.73 Å². The number of allylic oxidation sites excluding steroid dienone is 1. The molecule has 3 rings (SSSR count). The maximum atomic E-state index is 12.3. The number of hydrogen-bond acceptors (Lipinski definition) is 3. The van der Waals surface area contributed by atoms with Crippen LogP contribution in [0.3, 0.4) is 0 Å². The molecule has 118 valence electrons. The fourth-order valence-corrected chi connectivity index (χ4v) is 2.54. The van der Waals surface area contributed by atoms with Crippen LogP contribution in [-0.4, -0.2) is 21.6 Å². The monoisotopic (exact) mass is 310 g/mol. The van der Waals surface area contributed by atoms with Crippen molar-refractivity contribution in [1.82, 2.24) is 9.78 Å². The highest BCUT2D eigenvalue weighted by atomic mass is 16.2. The Labute approximate surface area is 134 Å². The number of anilines is 1. The summed E-state index contributed by atoms with van der Waals surface area (Å²) in [7, 11) is 0. The highest BCUT2D eigenvalue weighted by molar-refractivity contribution is 6.04. The number of aromatic nitrogens is 2. The number of fused-ring (bicyclic) bond motifs is 1. The van der Waals surface area contributed by atoms with Crippen LogP contribution in [0.5, 0.6) is 0 Å². The summed E-state index contributed by atoms with van der Waals surface area (Å²) in [6.07, 6.45) is 8.10. The van der Waals surface area contributed by atoms with Gasteiger partial charge in [-0.15, -0.1) is 0 Å². The highest BCUT2D eigenvalue weighted by Crippen LogP contribution is 2.21. The number of nitrogens with one attached hydrogen (secondary N) is 1. The molecule has 2 aromatic rings. The standard InChI is InChI=1S/C17H18N4O2/c18-15(22)7-9-21-10-8-16(20-21)19-17(23)14-6-5-12-3-1-2-4-13(12)11-14/h1,3,5-6,8,10-11H,2,4,7,9H2,(H2,18,22)(H,19,20,23). The van der Waals surface area contributed by atoms with Crippen molar-refractivity contribution in [2.75, 3.05) is 5.32 Å². The predicted octanol–water partition coefficient (Wildman–Crippen LogP) is 1.97. The molecule has 0 saturated carbocycles. The van der Waals surface area contributed by atoms with Crippen LogP contribution in [0.4, 0.5) is 5.82 Å². The lowest BCUT2D eigenvalue weighted by Gasteiger charge is -2.11. The van der Waals surface area contributed by atoms with Gasteiger partial charge >= 0.3 is 0 Å². The average Bonchev–Trinajstić information content (AvgIpc) is 3.00. The van der Waals surface area contributed by atoms with E-state index in [9.17, 15) is 9.59 Å². The molecule has 0 bridgehead atoms. The van der Waals surface area contributed by atoms with Gasteiger partial charge in [-0.1, -0.05) is 18.2 Å². The molecule has 0 atom stereocenters. The van der Waals surface area contributed by atoms with Gasteiger partial charge in [-0.3, -0.25) is 14.3 Å². The molecule has 6 heteroatoms. The molecule has 1 aliphatic carbocycles. The van der Waals surface area contributed by atoms with Crippen molar-refractivity contribution >= 4 is 23.7 Å². The van der Waals surface area contributed by atoms with E-state index < -0.39 is 0 Å². The van der Waals surface area contributed by atoms with Crippen LogP contribution in [0.2, 0.25) is 0 Å². The van der Waals surface area contributed by atoms with Gasteiger partial charge in [0, 0.05) is 30.8 Å². The first-order valence-corrected chi connectivity index (χ1v) is 7.54. The van der Waals surface area contributed by atoms with Crippen molar-refractivity contribution in [3.63, 3.8) is 0 Å². The molecule has 0 saturated heterocycles. The second-order valence-corrected chi connectivity index (χ2v) is 5.49. The van der Waals surface area contributed by atoms with Crippen molar-refractivity contribution in [2.45, 2.75) is 25.8 Å². The molecule has 1 aliphatic rings. The fraction of sp³-hybridized carbons (Fsp3) is 0.235. The summed E-state index contributed by atoms with van der Waals surface area (Å²) in [4.78, 5) is 23.1. The van der Waals surface area contributed by atoms with Gasteiger partial charge < -0.3 is 11.1 Å². The third kappa shape index (κ3) is 3.66. The summed E-state index contributed by atoms with van der Waals surface area (Å²) < 4.78 is 1.58. The number of benzene rings is 1. The molecule has 0 spiro atoms. The largest absolute Gasteiger partial charge is 0.370 e. The van der Waals surface area contributed by atoms with E-state index in [0.29, 0.717) is 17.9 Å². The minimum Gasteiger partial charge on any atom is -0.370 e. The molecule has 1 aromatic carbocycles. The van der Waals surface area contributed by atoms with Crippen LogP contribution in [-0.2, 0) is 17.8 Å². The van der Waals surface area contributed by atoms with Gasteiger partial charge in [-0.05, 0) is 36.1 Å². The SMILES string of the molecule is NC(=O)CCn1ccc(NC(=O)c2ccc3c(c2)CCC=C3)n1. The van der Waals surface area contributed by atoms with Crippen molar-refractivity contribution in [1.29, 1.82) is 0 Å². The van der Waals surface area contributed by atoms with Crippen LogP contribution < -0.4 is 11.1 Å². The zero-order valence-electron chi connectivity index (χ0n) is 12.7. The van der Waals surface area contributed by atoms with Crippen molar-refractivity contribution in [2.24, 2.45) is 5.73 Å². The first-order chi connectivity index (χ1) is 11.1. The van der Waals surface area contributed by atoms with Crippen LogP contribution in [0, 0.1) is 0 Å². The van der Waals surface area contributed by atoms with Crippen LogP contribution >= 0.6 is 0 Å². The summed E-state index contributed by atoms with van der Waals surface area (Å²) >= 11 is 0. The maximum absolute atomic E-state index is 12.3. The highest BCUT2D eigenvalue weighted by Gasteiger charge is 2.12. The topological polar surface area (TPSA) is 90.0 Å². The number of hydrogen-bond donors (Lipinski definition) is 2. The lowest BCUT2D eigenvalue weighted by atomic mass is 9.95. The predicted molar refractivity (Wildman–Crippen MR) is 87.8 cm³/mol. The zero-order chi connectivity index (χ0) is 16.2. The number of aryl methyl sites for hydroxylation is 2. The van der Waals surface area contributed by atoms with E-state index in [1.165, 1.54) is 11.1 Å². The number of primary amides is 1. The van der Waals surface area contributed by atoms with E-state index >= 15 is 0 Å². The van der Waals surface area contributed by atoms with Gasteiger partial charge in [-0.25, -0.2) is 0 Å². The molecule has 0 aliphatic heterocycles. The number of carbonyl (C=O) groups is 2. The molecule has 0 fully saturated rings. The average molecular weight is 310 g/mol. The minimum atomic E-state index is -0.380. The van der Waals surface area contributed by atoms with Gasteiger partial charge in [0.05, 0.1) is 0 Å². The molecule has 23 heavy (non-hydrogen) atoms. The Kier molecular flexibility index (Phi) is 4.23. The summed E-state index contributed by atoms with van der Waals surface area (Å²) in [5.41, 5.74) is 8.08. The smallest absolute Gasteiger partial charge is 0.256 e. The summed E-state index contributed by atoms with van der Waals surface area (Å²) in [5, 5.41) is 6.97. The molecule has 1 heterocycles. The van der Waals surface area contributed by atoms with E-state index in [0.717, 1.165) is 12.8 Å². The second kappa shape index (κ2) is 6.48. The van der Waals surface area contributed by atoms with Gasteiger partial charge in [0.15, 0.2) is 5.82 Å². The molecule has 0 unspecified atom stereocenters. The quantitative estimate of drug-likeness (QED) is 0.884. The third-order valence-corrected chi connectivity index (χ3v) is 3.75. The first kappa shape index (κ1) is 15.0. The molecular weight excluding hydrogens is 292 g/mol. The summed E-state index contributed by atoms with van der Waals surface area (Å²) in [5.74, 6) is -0.117. The normalized spacial score (nSPS) is 12.7. The number of nitrogens with two attached hydrogens (primary N) is 1. The van der Waals surface area contributed by atoms with E-state index in [1.54, 1.807) is 16.9 Å². The van der Waals surface area contributed by atoms with Crippen LogP contribution in [0.15, 0.2) is 36.5 Å². The number of carbonyl (C=O) groups excluding carboxylic acids is 2. The lowest BCUT2D eigenvalue weighted by Crippen LogP contribution is -2.15. The zero-order valence-corrected chi connectivity index (χ0v) is 12.7. The molecule has 0 radical (unpaired) electrons. The summed E-state index contributed by atoms with van der Waals surface area (Å²) in [6.45, 7) is 0.399. The van der Waals surface area contributed by atoms with Gasteiger partial charge in [0.2, 0.25) is 5.91 Å². The summed E-state index contributed by atoms with van der Waals surface area (Å²) in [6, 6.07) is 7.40. The second-order valence-electron chi connectivity index (χ2n) is 5.49. The van der Waals surface area contributed by atoms with Gasteiger partial charge in [0.25, 0.3) is 5.91 Å². The Morgan fingerprint density at radius 3 is 3.00 bits per heavy atom. The minimum absolute atomic E-state index is 0.192. The van der Waals surface area contributed by atoms with Crippen LogP contribution in [0.1, 0.15) is 34.3 Å². The van der Waals surface area contributed by atoms with Crippen LogP contribution in [0.25, 0.3) is 6.08 Å². The van der Waals surface area contributed by atoms with E-state index in [2.05, 4.69) is 22.6 Å². The third-order valence-electron chi connectivity index (χ3n) is 3.75. The molecule has 3 N–H and O–H groups in total. The first-order valence-electron chi connectivity index (χ1n) is 7.54. The van der Waals surface area contributed by atoms with E-state index in [-0.39, 0.29) is 18.2 Å². The fourth-order valence-electron chi connectivity index (χ4n) is 2.54. The molecular formula is C17H18N4O2. The molecule has 1 aromatic heterocycles. The van der Waals surface area contributed by atoms with Crippen molar-refractivity contribution < 1.29 is 9.59 Å². The van der Waals surface area contributed by atoms with Gasteiger partial charge in [0.1, 0.15) is 0 Å². The Morgan fingerprint density at radius 2 is 2.17 bits per heavy atom. The molecule has 2 amide bonds. The number of amides is 2. The lowest BCUT2D eigenvalue weighted by molar-refractivity contribution is -0.118. The number of nitrogens with zero attached hydrogens (tertiary/aromatic N) is 2. The van der Waals surface area contributed by atoms with Crippen molar-refractivity contribution in [3.8, 4) is 0 Å². The van der Waals surface area contributed by atoms with E-state index in [1.807, 2.05) is 18.2 Å². The Hall–Kier alpha value is -2.89. The maximum Gasteiger partial charge on any atom is 0.256 e. The number of rotatable bonds is 5.